The molecule has 100 valence electrons. The van der Waals surface area contributed by atoms with E-state index in [1.54, 1.807) is 0 Å². The highest BCUT2D eigenvalue weighted by Gasteiger charge is 2.34. The van der Waals surface area contributed by atoms with Crippen molar-refractivity contribution >= 4 is 22.4 Å². The molecule has 18 heavy (non-hydrogen) atoms. The molecule has 1 saturated heterocycles. The second-order valence-corrected chi connectivity index (χ2v) is 5.16. The van der Waals surface area contributed by atoms with Crippen LogP contribution in [0, 0.1) is 0 Å². The maximum Gasteiger partial charge on any atom is 0.285 e. The molecule has 0 radical (unpaired) electrons. The number of aromatic nitrogens is 2. The fourth-order valence-corrected chi connectivity index (χ4v) is 2.42. The van der Waals surface area contributed by atoms with Gasteiger partial charge in [-0.3, -0.25) is 4.79 Å². The number of aliphatic hydroxyl groups is 2. The minimum Gasteiger partial charge on any atom is -0.388 e. The van der Waals surface area contributed by atoms with Crippen molar-refractivity contribution in [3.8, 4) is 0 Å². The van der Waals surface area contributed by atoms with Gasteiger partial charge in [0.25, 0.3) is 5.91 Å². The lowest BCUT2D eigenvalue weighted by molar-refractivity contribution is 0.0572. The van der Waals surface area contributed by atoms with E-state index in [1.165, 1.54) is 16.2 Å². The molecule has 8 heteroatoms. The van der Waals surface area contributed by atoms with Crippen molar-refractivity contribution in [2.45, 2.75) is 25.6 Å². The van der Waals surface area contributed by atoms with Crippen molar-refractivity contribution in [2.75, 3.05) is 25.0 Å². The highest BCUT2D eigenvalue weighted by molar-refractivity contribution is 7.17. The summed E-state index contributed by atoms with van der Waals surface area (Å²) >= 11 is 1.18. The predicted octanol–water partition coefficient (Wildman–Crippen LogP) is -0.462. The van der Waals surface area contributed by atoms with Crippen molar-refractivity contribution in [1.29, 1.82) is 0 Å². The van der Waals surface area contributed by atoms with Crippen LogP contribution in [0.5, 0.6) is 0 Å². The van der Waals surface area contributed by atoms with E-state index in [1.807, 2.05) is 6.92 Å². The Morgan fingerprint density at radius 1 is 1.44 bits per heavy atom. The number of anilines is 1. The SMILES string of the molecule is CCCNc1nnc(C(=O)N2CC(O)C(O)C2)s1. The van der Waals surface area contributed by atoms with E-state index in [4.69, 9.17) is 0 Å². The number of likely N-dealkylation sites (tertiary alicyclic amines) is 1. The van der Waals surface area contributed by atoms with Gasteiger partial charge in [0, 0.05) is 19.6 Å². The lowest BCUT2D eigenvalue weighted by atomic mass is 10.3. The third kappa shape index (κ3) is 2.77. The first-order valence-electron chi connectivity index (χ1n) is 5.84. The Balaban J connectivity index is 1.99. The summed E-state index contributed by atoms with van der Waals surface area (Å²) in [5.74, 6) is -0.298. The van der Waals surface area contributed by atoms with Gasteiger partial charge >= 0.3 is 0 Å². The molecule has 0 aliphatic carbocycles. The molecular weight excluding hydrogens is 256 g/mol. The Morgan fingerprint density at radius 2 is 2.11 bits per heavy atom. The fraction of sp³-hybridized carbons (Fsp3) is 0.700. The average molecular weight is 272 g/mol. The maximum atomic E-state index is 12.0. The quantitative estimate of drug-likeness (QED) is 0.686. The number of aliphatic hydroxyl groups excluding tert-OH is 2. The molecule has 0 saturated carbocycles. The largest absolute Gasteiger partial charge is 0.388 e. The molecular formula is C10H16N4O3S. The first kappa shape index (κ1) is 13.2. The Hall–Kier alpha value is -1.25. The molecule has 2 unspecified atom stereocenters. The van der Waals surface area contributed by atoms with Gasteiger partial charge in [-0.05, 0) is 6.42 Å². The van der Waals surface area contributed by atoms with Crippen molar-refractivity contribution in [3.05, 3.63) is 5.01 Å². The van der Waals surface area contributed by atoms with Gasteiger partial charge in [-0.25, -0.2) is 0 Å². The van der Waals surface area contributed by atoms with Crippen LogP contribution in [0.15, 0.2) is 0 Å². The zero-order chi connectivity index (χ0) is 13.1. The molecule has 0 aromatic carbocycles. The molecule has 0 bridgehead atoms. The van der Waals surface area contributed by atoms with Crippen molar-refractivity contribution in [3.63, 3.8) is 0 Å². The third-order valence-electron chi connectivity index (χ3n) is 2.68. The summed E-state index contributed by atoms with van der Waals surface area (Å²) in [6.45, 7) is 3.09. The Kier molecular flexibility index (Phi) is 4.10. The summed E-state index contributed by atoms with van der Waals surface area (Å²) in [5, 5.41) is 30.4. The van der Waals surface area contributed by atoms with Crippen LogP contribution >= 0.6 is 11.3 Å². The molecule has 3 N–H and O–H groups in total. The minimum atomic E-state index is -0.875. The number of hydrogen-bond acceptors (Lipinski definition) is 7. The number of nitrogens with one attached hydrogen (secondary N) is 1. The topological polar surface area (TPSA) is 98.6 Å². The highest BCUT2D eigenvalue weighted by Crippen LogP contribution is 2.19. The number of β-amino-alcohol motifs (C(OH)–C–C–N with tert-alkyl or cyclic N) is 2. The Morgan fingerprint density at radius 3 is 2.72 bits per heavy atom. The minimum absolute atomic E-state index is 0.136. The second-order valence-electron chi connectivity index (χ2n) is 4.18. The molecule has 7 nitrogen and oxygen atoms in total. The molecule has 2 heterocycles. The second kappa shape index (κ2) is 5.59. The molecule has 1 aromatic heterocycles. The summed E-state index contributed by atoms with van der Waals surface area (Å²) in [4.78, 5) is 13.4. The number of carbonyl (C=O) groups is 1. The number of carbonyl (C=O) groups excluding carboxylic acids is 1. The number of amides is 1. The van der Waals surface area contributed by atoms with E-state index >= 15 is 0 Å². The van der Waals surface area contributed by atoms with E-state index in [2.05, 4.69) is 15.5 Å². The molecule has 2 rings (SSSR count). The third-order valence-corrected chi connectivity index (χ3v) is 3.55. The van der Waals surface area contributed by atoms with Gasteiger partial charge in [0.05, 0.1) is 12.2 Å². The Bertz CT molecular complexity index is 415. The first-order chi connectivity index (χ1) is 8.61. The van der Waals surface area contributed by atoms with Gasteiger partial charge in [0.2, 0.25) is 10.1 Å². The standard InChI is InChI=1S/C10H16N4O3S/c1-2-3-11-10-13-12-8(18-10)9(17)14-4-6(15)7(16)5-14/h6-7,15-16H,2-5H2,1H3,(H,11,13). The highest BCUT2D eigenvalue weighted by atomic mass is 32.1. The van der Waals surface area contributed by atoms with E-state index in [0.717, 1.165) is 13.0 Å². The number of nitrogens with zero attached hydrogens (tertiary/aromatic N) is 3. The van der Waals surface area contributed by atoms with E-state index < -0.39 is 12.2 Å². The van der Waals surface area contributed by atoms with E-state index in [9.17, 15) is 15.0 Å². The summed E-state index contributed by atoms with van der Waals surface area (Å²) in [6.07, 6.45) is -0.785. The smallest absolute Gasteiger partial charge is 0.285 e. The van der Waals surface area contributed by atoms with Crippen LogP contribution in [-0.2, 0) is 0 Å². The van der Waals surface area contributed by atoms with Crippen LogP contribution in [0.4, 0.5) is 5.13 Å². The van der Waals surface area contributed by atoms with Crippen LogP contribution in [-0.4, -0.2) is 63.1 Å². The molecule has 1 aliphatic heterocycles. The maximum absolute atomic E-state index is 12.0. The van der Waals surface area contributed by atoms with Crippen LogP contribution in [0.3, 0.4) is 0 Å². The first-order valence-corrected chi connectivity index (χ1v) is 6.66. The van der Waals surface area contributed by atoms with Crippen LogP contribution in [0.1, 0.15) is 23.1 Å². The molecule has 1 fully saturated rings. The lowest BCUT2D eigenvalue weighted by Gasteiger charge is -2.12. The van der Waals surface area contributed by atoms with Crippen LogP contribution in [0.25, 0.3) is 0 Å². The number of hydrogen-bond donors (Lipinski definition) is 3. The van der Waals surface area contributed by atoms with Crippen LogP contribution in [0.2, 0.25) is 0 Å². The summed E-state index contributed by atoms with van der Waals surface area (Å²) in [6, 6.07) is 0. The van der Waals surface area contributed by atoms with Crippen LogP contribution < -0.4 is 5.32 Å². The van der Waals surface area contributed by atoms with Gasteiger partial charge in [-0.1, -0.05) is 18.3 Å². The monoisotopic (exact) mass is 272 g/mol. The zero-order valence-electron chi connectivity index (χ0n) is 10.0. The van der Waals surface area contributed by atoms with E-state index in [0.29, 0.717) is 5.13 Å². The van der Waals surface area contributed by atoms with Gasteiger partial charge in [-0.15, -0.1) is 10.2 Å². The molecule has 1 aromatic rings. The lowest BCUT2D eigenvalue weighted by Crippen LogP contribution is -2.29. The van der Waals surface area contributed by atoms with Crippen molar-refractivity contribution in [2.24, 2.45) is 0 Å². The fourth-order valence-electron chi connectivity index (χ4n) is 1.68. The molecule has 2 atom stereocenters. The summed E-state index contributed by atoms with van der Waals surface area (Å²) in [5.41, 5.74) is 0. The summed E-state index contributed by atoms with van der Waals surface area (Å²) < 4.78 is 0. The van der Waals surface area contributed by atoms with Gasteiger partial charge < -0.3 is 20.4 Å². The zero-order valence-corrected chi connectivity index (χ0v) is 10.9. The summed E-state index contributed by atoms with van der Waals surface area (Å²) in [7, 11) is 0. The average Bonchev–Trinajstić information content (AvgIpc) is 2.94. The van der Waals surface area contributed by atoms with Crippen molar-refractivity contribution in [1.82, 2.24) is 15.1 Å². The predicted molar refractivity (Wildman–Crippen MR) is 66.6 cm³/mol. The Labute approximate surface area is 108 Å². The van der Waals surface area contributed by atoms with Gasteiger partial charge in [0.1, 0.15) is 0 Å². The van der Waals surface area contributed by atoms with Gasteiger partial charge in [-0.2, -0.15) is 0 Å². The molecule has 1 aliphatic rings. The number of rotatable bonds is 4. The molecule has 0 spiro atoms. The van der Waals surface area contributed by atoms with E-state index in [-0.39, 0.29) is 24.0 Å². The molecule has 1 amide bonds. The normalized spacial score (nSPS) is 23.4. The van der Waals surface area contributed by atoms with Gasteiger partial charge in [0.15, 0.2) is 0 Å². The van der Waals surface area contributed by atoms with Crippen molar-refractivity contribution < 1.29 is 15.0 Å².